The van der Waals surface area contributed by atoms with Crippen molar-refractivity contribution in [2.24, 2.45) is 0 Å². The van der Waals surface area contributed by atoms with Gasteiger partial charge in [0.25, 0.3) is 11.9 Å². The second kappa shape index (κ2) is 18.4. The highest BCUT2D eigenvalue weighted by atomic mass is 16.7. The van der Waals surface area contributed by atoms with Crippen molar-refractivity contribution in [3.8, 4) is 34.5 Å². The molecule has 2 fully saturated rings. The number of aliphatic hydroxyl groups excluding tert-OH is 6. The van der Waals surface area contributed by atoms with Gasteiger partial charge in [-0.3, -0.25) is 9.59 Å². The number of phenols is 4. The highest BCUT2D eigenvalue weighted by Crippen LogP contribution is 2.47. The molecular formula is C39H41O21+. The van der Waals surface area contributed by atoms with Crippen molar-refractivity contribution in [1.82, 2.24) is 0 Å². The maximum Gasteiger partial charge on any atom is 0.330 e. The number of aliphatic hydroxyl groups is 7. The molecule has 0 saturated carbocycles. The van der Waals surface area contributed by atoms with Gasteiger partial charge >= 0.3 is 17.9 Å². The topological polar surface area (TPSA) is 342 Å². The molecule has 3 heterocycles. The third kappa shape index (κ3) is 9.98. The van der Waals surface area contributed by atoms with Crippen molar-refractivity contribution in [1.29, 1.82) is 0 Å². The summed E-state index contributed by atoms with van der Waals surface area (Å²) in [4.78, 5) is 35.2. The Labute approximate surface area is 338 Å². The number of aromatic hydroxyl groups is 5. The van der Waals surface area contributed by atoms with Crippen LogP contribution in [0, 0.1) is 0 Å². The Morgan fingerprint density at radius 1 is 0.683 bits per heavy atom. The maximum atomic E-state index is 12.5. The van der Waals surface area contributed by atoms with E-state index in [1.165, 1.54) is 48.6 Å². The Hall–Kier alpha value is -6.17. The summed E-state index contributed by atoms with van der Waals surface area (Å²) in [6.45, 7) is -1.39. The second-order valence-corrected chi connectivity index (χ2v) is 13.8. The van der Waals surface area contributed by atoms with E-state index in [2.05, 4.69) is 4.74 Å². The van der Waals surface area contributed by atoms with Crippen molar-refractivity contribution in [3.05, 3.63) is 83.1 Å². The number of fused-ring (bicyclic) bond motifs is 1. The van der Waals surface area contributed by atoms with Crippen LogP contribution in [0.3, 0.4) is 0 Å². The number of esters is 2. The highest BCUT2D eigenvalue weighted by Gasteiger charge is 2.48. The van der Waals surface area contributed by atoms with Crippen molar-refractivity contribution in [3.63, 3.8) is 0 Å². The number of carboxylic acids is 1. The molecule has 12 N–H and O–H groups in total. The molecule has 0 aromatic heterocycles. The summed E-state index contributed by atoms with van der Waals surface area (Å²) >= 11 is 0. The smallest absolute Gasteiger partial charge is 0.330 e. The highest BCUT2D eigenvalue weighted by molar-refractivity contribution is 5.90. The lowest BCUT2D eigenvalue weighted by Crippen LogP contribution is -2.60. The number of rotatable bonds is 13. The predicted molar refractivity (Wildman–Crippen MR) is 197 cm³/mol. The van der Waals surface area contributed by atoms with E-state index in [4.69, 9.17) is 33.5 Å². The van der Waals surface area contributed by atoms with Crippen LogP contribution in [0.15, 0.2) is 66.4 Å². The standard InChI is InChI=1S/C39H40O21/c40-18-5-1-16(2-6-18)3-8-29(46)54-14-26-31(48)34(51)36(53)39(60-26)58-25-12-20-23(56-37(25)17-4-7-21(42)22(43)9-17)10-19(41)11-24(20)57-38-35(52)33(50)32(49)27(59-38)15-55-30(47)13-28(44)45/h1-12,26-27,31-43,48-53H,13-15H2,(H,44,45)/p+1. The zero-order valence-corrected chi connectivity index (χ0v) is 30.9. The lowest BCUT2D eigenvalue weighted by molar-refractivity contribution is -0.296. The van der Waals surface area contributed by atoms with Gasteiger partial charge < -0.3 is 89.3 Å². The van der Waals surface area contributed by atoms with E-state index in [9.17, 15) is 65.4 Å². The van der Waals surface area contributed by atoms with Gasteiger partial charge in [0.1, 0.15) is 91.3 Å². The predicted octanol–water partition coefficient (Wildman–Crippen LogP) is -0.869. The van der Waals surface area contributed by atoms with Gasteiger partial charge in [0.05, 0.1) is 11.6 Å². The number of ether oxygens (including phenoxy) is 7. The Bertz CT molecular complexity index is 2100. The molecule has 0 bridgehead atoms. The average Bonchev–Trinajstić information content (AvgIpc) is 3.20. The molecule has 6 rings (SSSR count). The largest absolute Gasteiger partial charge is 0.571 e. The summed E-state index contributed by atoms with van der Waals surface area (Å²) in [5, 5.41) is 114. The van der Waals surface area contributed by atoms with Gasteiger partial charge in [-0.2, -0.15) is 0 Å². The third-order valence-electron chi connectivity index (χ3n) is 9.48. The first-order chi connectivity index (χ1) is 28.5. The number of phenolic OH excluding ortho intramolecular Hbond substituents is 4. The lowest BCUT2D eigenvalue weighted by atomic mass is 9.98. The van der Waals surface area contributed by atoms with E-state index in [1.807, 2.05) is 0 Å². The molecule has 60 heavy (non-hydrogen) atoms. The van der Waals surface area contributed by atoms with Gasteiger partial charge in [0.2, 0.25) is 12.6 Å². The Kier molecular flexibility index (Phi) is 13.3. The number of carbonyl (C=O) groups is 3. The van der Waals surface area contributed by atoms with Crippen LogP contribution in [0.1, 0.15) is 29.2 Å². The Morgan fingerprint density at radius 2 is 1.30 bits per heavy atom. The SMILES string of the molecule is O=C(O)CC(=O)OCC1OC(Oc2cc(O)cc3c2C=C(OC2OC(COC(=O)C=Cc4ccc(O)cc4)C(O)C(O)C2O)C(c2ccc(O)c(O)c2)[OH+]3)C(O)C(O)C1O. The molecule has 11 atom stereocenters. The number of benzene rings is 3. The van der Waals surface area contributed by atoms with Crippen molar-refractivity contribution in [2.45, 2.75) is 73.9 Å². The fourth-order valence-corrected chi connectivity index (χ4v) is 6.29. The molecule has 0 spiro atoms. The number of aliphatic carboxylic acids is 1. The minimum absolute atomic E-state index is 0.000300. The van der Waals surface area contributed by atoms with Gasteiger partial charge in [0.15, 0.2) is 17.3 Å². The number of hydrogen-bond acceptors (Lipinski definition) is 19. The summed E-state index contributed by atoms with van der Waals surface area (Å²) in [6.07, 6.45) is -16.5. The van der Waals surface area contributed by atoms with Crippen LogP contribution >= 0.6 is 0 Å². The van der Waals surface area contributed by atoms with Gasteiger partial charge in [0, 0.05) is 18.2 Å². The molecule has 0 aliphatic carbocycles. The summed E-state index contributed by atoms with van der Waals surface area (Å²) < 4.78 is 38.0. The molecule has 0 amide bonds. The first-order valence-electron chi connectivity index (χ1n) is 18.0. The molecule has 11 unspecified atom stereocenters. The molecule has 0 radical (unpaired) electrons. The molecule has 3 aliphatic heterocycles. The van der Waals surface area contributed by atoms with E-state index in [-0.39, 0.29) is 34.1 Å². The van der Waals surface area contributed by atoms with Gasteiger partial charge in [-0.05, 0) is 42.0 Å². The molecule has 322 valence electrons. The van der Waals surface area contributed by atoms with E-state index < -0.39 is 122 Å². The lowest BCUT2D eigenvalue weighted by Gasteiger charge is -2.41. The van der Waals surface area contributed by atoms with Gasteiger partial charge in [-0.15, -0.1) is 0 Å². The summed E-state index contributed by atoms with van der Waals surface area (Å²) in [5.41, 5.74) is 0.729. The van der Waals surface area contributed by atoms with Crippen molar-refractivity contribution >= 4 is 30.1 Å². The summed E-state index contributed by atoms with van der Waals surface area (Å²) in [6, 6.07) is 11.8. The number of hydrogen-bond donors (Lipinski definition) is 11. The molecule has 3 aliphatic rings. The van der Waals surface area contributed by atoms with Crippen LogP contribution in [0.4, 0.5) is 0 Å². The maximum absolute atomic E-state index is 12.5. The number of carbonyl (C=O) groups excluding carboxylic acids is 2. The van der Waals surface area contributed by atoms with Crippen LogP contribution in [-0.4, -0.2) is 153 Å². The third-order valence-corrected chi connectivity index (χ3v) is 9.48. The van der Waals surface area contributed by atoms with E-state index in [0.29, 0.717) is 5.56 Å². The van der Waals surface area contributed by atoms with Crippen LogP contribution in [0.5, 0.6) is 34.5 Å². The molecular weight excluding hydrogens is 804 g/mol. The first-order valence-corrected chi connectivity index (χ1v) is 18.0. The Morgan fingerprint density at radius 3 is 1.92 bits per heavy atom. The van der Waals surface area contributed by atoms with Gasteiger partial charge in [-0.1, -0.05) is 12.1 Å². The van der Waals surface area contributed by atoms with Crippen LogP contribution in [0.25, 0.3) is 12.2 Å². The zero-order valence-electron chi connectivity index (χ0n) is 30.9. The Balaban J connectivity index is 1.26. The first kappa shape index (κ1) is 43.4. The minimum Gasteiger partial charge on any atom is -0.571 e. The molecule has 2 saturated heterocycles. The van der Waals surface area contributed by atoms with Crippen molar-refractivity contribution in [2.75, 3.05) is 13.2 Å². The molecule has 21 nitrogen and oxygen atoms in total. The quantitative estimate of drug-likeness (QED) is 0.0327. The van der Waals surface area contributed by atoms with Crippen LogP contribution in [-0.2, 0) is 38.1 Å². The fraction of sp³-hybridized carbons (Fsp3) is 0.359. The molecule has 3 aromatic rings. The van der Waals surface area contributed by atoms with E-state index in [0.717, 1.165) is 24.3 Å². The monoisotopic (exact) mass is 845 g/mol. The van der Waals surface area contributed by atoms with Crippen molar-refractivity contribution < 1.29 is 104 Å². The summed E-state index contributed by atoms with van der Waals surface area (Å²) in [5.74, 6) is -5.52. The summed E-state index contributed by atoms with van der Waals surface area (Å²) in [7, 11) is 0. The zero-order chi connectivity index (χ0) is 43.4. The van der Waals surface area contributed by atoms with E-state index in [1.54, 1.807) is 0 Å². The number of carboxylic acid groups (broad SMARTS) is 1. The average molecular weight is 846 g/mol. The molecule has 21 heteroatoms. The second-order valence-electron chi connectivity index (χ2n) is 13.8. The van der Waals surface area contributed by atoms with Gasteiger partial charge in [-0.25, -0.2) is 4.79 Å². The fourth-order valence-electron chi connectivity index (χ4n) is 6.29. The minimum atomic E-state index is -1.95. The van der Waals surface area contributed by atoms with E-state index >= 15 is 0 Å². The van der Waals surface area contributed by atoms with Crippen LogP contribution < -0.4 is 4.74 Å². The normalized spacial score (nSPS) is 28.8. The van der Waals surface area contributed by atoms with Crippen LogP contribution in [0.2, 0.25) is 0 Å². The molecule has 3 aromatic carbocycles.